The Hall–Kier alpha value is -0.530. The molecular formula is C10H13ClO. The Kier molecular flexibility index (Phi) is 4.12. The van der Waals surface area contributed by atoms with E-state index < -0.39 is 0 Å². The SMILES string of the molecule is COCCc1ccccc1CCl. The Morgan fingerprint density at radius 3 is 2.50 bits per heavy atom. The van der Waals surface area contributed by atoms with E-state index >= 15 is 0 Å². The normalized spacial score (nSPS) is 10.2. The Balaban J connectivity index is 2.68. The van der Waals surface area contributed by atoms with Crippen molar-refractivity contribution in [3.8, 4) is 0 Å². The van der Waals surface area contributed by atoms with Gasteiger partial charge in [0.1, 0.15) is 0 Å². The summed E-state index contributed by atoms with van der Waals surface area (Å²) in [6.07, 6.45) is 0.944. The van der Waals surface area contributed by atoms with Crippen LogP contribution in [0, 0.1) is 0 Å². The number of alkyl halides is 1. The third-order valence-electron chi connectivity index (χ3n) is 1.84. The summed E-state index contributed by atoms with van der Waals surface area (Å²) in [5, 5.41) is 0. The van der Waals surface area contributed by atoms with Crippen LogP contribution in [0.15, 0.2) is 24.3 Å². The zero-order valence-corrected chi connectivity index (χ0v) is 7.97. The molecule has 0 aromatic heterocycles. The molecule has 0 heterocycles. The van der Waals surface area contributed by atoms with Gasteiger partial charge in [0.2, 0.25) is 0 Å². The maximum absolute atomic E-state index is 5.77. The maximum Gasteiger partial charge on any atom is 0.0502 e. The molecule has 12 heavy (non-hydrogen) atoms. The highest BCUT2D eigenvalue weighted by atomic mass is 35.5. The molecule has 0 aliphatic heterocycles. The van der Waals surface area contributed by atoms with Crippen LogP contribution in [0.3, 0.4) is 0 Å². The fourth-order valence-corrected chi connectivity index (χ4v) is 1.40. The number of ether oxygens (including phenoxy) is 1. The average Bonchev–Trinajstić information content (AvgIpc) is 2.15. The van der Waals surface area contributed by atoms with Crippen LogP contribution in [0.1, 0.15) is 11.1 Å². The first kappa shape index (κ1) is 9.56. The van der Waals surface area contributed by atoms with Crippen LogP contribution in [-0.2, 0) is 17.0 Å². The molecule has 0 spiro atoms. The van der Waals surface area contributed by atoms with Crippen molar-refractivity contribution >= 4 is 11.6 Å². The number of rotatable bonds is 4. The van der Waals surface area contributed by atoms with Gasteiger partial charge in [-0.15, -0.1) is 11.6 Å². The van der Waals surface area contributed by atoms with Crippen molar-refractivity contribution in [1.29, 1.82) is 0 Å². The molecule has 0 radical (unpaired) electrons. The molecule has 2 heteroatoms. The van der Waals surface area contributed by atoms with Crippen LogP contribution in [0.25, 0.3) is 0 Å². The van der Waals surface area contributed by atoms with Gasteiger partial charge >= 0.3 is 0 Å². The van der Waals surface area contributed by atoms with Gasteiger partial charge < -0.3 is 4.74 Å². The summed E-state index contributed by atoms with van der Waals surface area (Å²) in [7, 11) is 1.71. The van der Waals surface area contributed by atoms with E-state index in [1.165, 1.54) is 11.1 Å². The van der Waals surface area contributed by atoms with Crippen molar-refractivity contribution in [1.82, 2.24) is 0 Å². The largest absolute Gasteiger partial charge is 0.384 e. The van der Waals surface area contributed by atoms with E-state index in [9.17, 15) is 0 Å². The molecular weight excluding hydrogens is 172 g/mol. The fraction of sp³-hybridized carbons (Fsp3) is 0.400. The molecule has 1 rings (SSSR count). The van der Waals surface area contributed by atoms with Gasteiger partial charge in [-0.25, -0.2) is 0 Å². The molecule has 1 aromatic carbocycles. The highest BCUT2D eigenvalue weighted by Crippen LogP contribution is 2.11. The van der Waals surface area contributed by atoms with E-state index in [0.29, 0.717) is 5.88 Å². The number of benzene rings is 1. The van der Waals surface area contributed by atoms with Crippen molar-refractivity contribution in [2.24, 2.45) is 0 Å². The highest BCUT2D eigenvalue weighted by molar-refractivity contribution is 6.17. The monoisotopic (exact) mass is 184 g/mol. The summed E-state index contributed by atoms with van der Waals surface area (Å²) < 4.78 is 5.00. The number of hydrogen-bond acceptors (Lipinski definition) is 1. The predicted molar refractivity (Wildman–Crippen MR) is 51.6 cm³/mol. The van der Waals surface area contributed by atoms with Crippen molar-refractivity contribution < 1.29 is 4.74 Å². The summed E-state index contributed by atoms with van der Waals surface area (Å²) in [6, 6.07) is 8.18. The summed E-state index contributed by atoms with van der Waals surface area (Å²) in [4.78, 5) is 0. The van der Waals surface area contributed by atoms with Gasteiger partial charge in [-0.3, -0.25) is 0 Å². The van der Waals surface area contributed by atoms with Crippen molar-refractivity contribution in [3.63, 3.8) is 0 Å². The minimum absolute atomic E-state index is 0.583. The van der Waals surface area contributed by atoms with Crippen LogP contribution in [0.5, 0.6) is 0 Å². The summed E-state index contributed by atoms with van der Waals surface area (Å²) in [5.41, 5.74) is 2.49. The molecule has 0 unspecified atom stereocenters. The molecule has 0 bridgehead atoms. The van der Waals surface area contributed by atoms with Gasteiger partial charge in [0.25, 0.3) is 0 Å². The average molecular weight is 185 g/mol. The van der Waals surface area contributed by atoms with Crippen LogP contribution in [0.2, 0.25) is 0 Å². The Morgan fingerprint density at radius 2 is 1.92 bits per heavy atom. The summed E-state index contributed by atoms with van der Waals surface area (Å²) in [5.74, 6) is 0.583. The second kappa shape index (κ2) is 5.18. The molecule has 0 fully saturated rings. The summed E-state index contributed by atoms with van der Waals surface area (Å²) in [6.45, 7) is 0.758. The number of halogens is 1. The third kappa shape index (κ3) is 2.50. The number of hydrogen-bond donors (Lipinski definition) is 0. The molecule has 1 aromatic rings. The minimum atomic E-state index is 0.583. The van der Waals surface area contributed by atoms with Gasteiger partial charge in [0.05, 0.1) is 6.61 Å². The smallest absolute Gasteiger partial charge is 0.0502 e. The minimum Gasteiger partial charge on any atom is -0.384 e. The molecule has 66 valence electrons. The summed E-state index contributed by atoms with van der Waals surface area (Å²) >= 11 is 5.77. The molecule has 0 saturated carbocycles. The highest BCUT2D eigenvalue weighted by Gasteiger charge is 1.98. The lowest BCUT2D eigenvalue weighted by atomic mass is 10.1. The van der Waals surface area contributed by atoms with Gasteiger partial charge in [-0.05, 0) is 17.5 Å². The lowest BCUT2D eigenvalue weighted by molar-refractivity contribution is 0.202. The quantitative estimate of drug-likeness (QED) is 0.654. The molecule has 0 saturated heterocycles. The van der Waals surface area contributed by atoms with Crippen LogP contribution >= 0.6 is 11.6 Å². The third-order valence-corrected chi connectivity index (χ3v) is 2.13. The lowest BCUT2D eigenvalue weighted by Crippen LogP contribution is -1.97. The van der Waals surface area contributed by atoms with Gasteiger partial charge in [-0.1, -0.05) is 24.3 Å². The molecule has 0 aliphatic rings. The van der Waals surface area contributed by atoms with Crippen LogP contribution in [0.4, 0.5) is 0 Å². The van der Waals surface area contributed by atoms with E-state index in [1.54, 1.807) is 7.11 Å². The molecule has 0 N–H and O–H groups in total. The van der Waals surface area contributed by atoms with Gasteiger partial charge in [0.15, 0.2) is 0 Å². The van der Waals surface area contributed by atoms with Gasteiger partial charge in [-0.2, -0.15) is 0 Å². The van der Waals surface area contributed by atoms with E-state index in [0.717, 1.165) is 13.0 Å². The van der Waals surface area contributed by atoms with Gasteiger partial charge in [0, 0.05) is 13.0 Å². The van der Waals surface area contributed by atoms with Crippen molar-refractivity contribution in [2.75, 3.05) is 13.7 Å². The number of methoxy groups -OCH3 is 1. The standard InChI is InChI=1S/C10H13ClO/c1-12-7-6-9-4-2-3-5-10(9)8-11/h2-5H,6-8H2,1H3. The Morgan fingerprint density at radius 1 is 1.25 bits per heavy atom. The van der Waals surface area contributed by atoms with E-state index in [2.05, 4.69) is 12.1 Å². The van der Waals surface area contributed by atoms with Crippen molar-refractivity contribution in [2.45, 2.75) is 12.3 Å². The fourth-order valence-electron chi connectivity index (χ4n) is 1.14. The first-order valence-electron chi connectivity index (χ1n) is 4.00. The topological polar surface area (TPSA) is 9.23 Å². The maximum atomic E-state index is 5.77. The second-order valence-electron chi connectivity index (χ2n) is 2.65. The first-order valence-corrected chi connectivity index (χ1v) is 4.53. The van der Waals surface area contributed by atoms with E-state index in [4.69, 9.17) is 16.3 Å². The second-order valence-corrected chi connectivity index (χ2v) is 2.91. The molecule has 0 atom stereocenters. The Bertz CT molecular complexity index is 235. The Labute approximate surface area is 78.3 Å². The van der Waals surface area contributed by atoms with Crippen molar-refractivity contribution in [3.05, 3.63) is 35.4 Å². The first-order chi connectivity index (χ1) is 5.88. The van der Waals surface area contributed by atoms with Crippen LogP contribution in [-0.4, -0.2) is 13.7 Å². The molecule has 1 nitrogen and oxygen atoms in total. The zero-order chi connectivity index (χ0) is 8.81. The van der Waals surface area contributed by atoms with E-state index in [-0.39, 0.29) is 0 Å². The van der Waals surface area contributed by atoms with E-state index in [1.807, 2.05) is 12.1 Å². The lowest BCUT2D eigenvalue weighted by Gasteiger charge is -2.05. The predicted octanol–water partition coefficient (Wildman–Crippen LogP) is 2.61. The van der Waals surface area contributed by atoms with Crippen LogP contribution < -0.4 is 0 Å². The molecule has 0 aliphatic carbocycles. The zero-order valence-electron chi connectivity index (χ0n) is 7.22. The molecule has 0 amide bonds.